The lowest BCUT2D eigenvalue weighted by atomic mass is 9.64. The highest BCUT2D eigenvalue weighted by atomic mass is 19.1. The van der Waals surface area contributed by atoms with Crippen LogP contribution in [0.15, 0.2) is 103 Å². The summed E-state index contributed by atoms with van der Waals surface area (Å²) >= 11 is 0. The number of anilines is 2. The largest absolute Gasteiger partial charge is 0.497 e. The molecular formula is C34H25FN2O4. The normalized spacial score (nSPS) is 23.5. The Kier molecular flexibility index (Phi) is 5.64. The van der Waals surface area contributed by atoms with Gasteiger partial charge in [0.05, 0.1) is 24.6 Å². The number of hydrogen-bond acceptors (Lipinski definition) is 5. The Hall–Kier alpha value is -5.04. The van der Waals surface area contributed by atoms with Crippen LogP contribution in [0.2, 0.25) is 0 Å². The molecule has 6 nitrogen and oxygen atoms in total. The Morgan fingerprint density at radius 2 is 1.59 bits per heavy atom. The van der Waals surface area contributed by atoms with Crippen LogP contribution >= 0.6 is 0 Å². The standard InChI is InChI=1S/C34H25FN2O4/c1-41-22-17-14-21(15-18-22)31(38)30-29(32(39)23-9-3-5-11-25(23)35)34(24-10-4-6-12-26(24)36-33(34)40)28-19-16-20-8-2-7-13-27(20)37(28)30/h2-19,28-30H,1H3,(H,36,40)/t28-,29+,30-,34+/m0/s1. The maximum atomic E-state index is 15.3. The molecule has 0 aliphatic carbocycles. The van der Waals surface area contributed by atoms with Gasteiger partial charge in [0.15, 0.2) is 11.6 Å². The number of fused-ring (bicyclic) bond motifs is 6. The Morgan fingerprint density at radius 1 is 0.878 bits per heavy atom. The molecule has 1 spiro atoms. The molecule has 4 aromatic rings. The fraction of sp³-hybridized carbons (Fsp3) is 0.147. The van der Waals surface area contributed by atoms with Crippen molar-refractivity contribution < 1.29 is 23.5 Å². The summed E-state index contributed by atoms with van der Waals surface area (Å²) in [5.41, 5.74) is 1.49. The number of rotatable bonds is 5. The second kappa shape index (κ2) is 9.27. The third-order valence-electron chi connectivity index (χ3n) is 8.61. The Bertz CT molecular complexity index is 1760. The molecule has 0 aromatic heterocycles. The van der Waals surface area contributed by atoms with Gasteiger partial charge in [-0.05, 0) is 59.7 Å². The molecule has 1 amide bonds. The lowest BCUT2D eigenvalue weighted by Crippen LogP contribution is -2.51. The summed E-state index contributed by atoms with van der Waals surface area (Å²) in [5, 5.41) is 2.98. The smallest absolute Gasteiger partial charge is 0.238 e. The molecule has 3 aliphatic heterocycles. The minimum absolute atomic E-state index is 0.154. The second-order valence-electron chi connectivity index (χ2n) is 10.5. The average Bonchev–Trinajstić information content (AvgIpc) is 3.49. The molecule has 0 unspecified atom stereocenters. The van der Waals surface area contributed by atoms with Crippen molar-refractivity contribution in [2.45, 2.75) is 17.5 Å². The Balaban J connectivity index is 1.53. The van der Waals surface area contributed by atoms with Crippen LogP contribution in [0, 0.1) is 11.7 Å². The lowest BCUT2D eigenvalue weighted by Gasteiger charge is -2.37. The highest BCUT2D eigenvalue weighted by Crippen LogP contribution is 2.58. The number of carbonyl (C=O) groups excluding carboxylic acids is 3. The van der Waals surface area contributed by atoms with E-state index >= 15 is 4.39 Å². The van der Waals surface area contributed by atoms with E-state index in [1.54, 1.807) is 43.5 Å². The molecule has 1 fully saturated rings. The zero-order chi connectivity index (χ0) is 28.3. The van der Waals surface area contributed by atoms with E-state index in [0.29, 0.717) is 22.6 Å². The van der Waals surface area contributed by atoms with E-state index in [4.69, 9.17) is 4.74 Å². The number of ether oxygens (including phenoxy) is 1. The van der Waals surface area contributed by atoms with Gasteiger partial charge in [-0.25, -0.2) is 4.39 Å². The summed E-state index contributed by atoms with van der Waals surface area (Å²) in [5.74, 6) is -2.68. The summed E-state index contributed by atoms with van der Waals surface area (Å²) in [4.78, 5) is 45.5. The van der Waals surface area contributed by atoms with Gasteiger partial charge in [-0.2, -0.15) is 0 Å². The summed E-state index contributed by atoms with van der Waals surface area (Å²) < 4.78 is 20.5. The Morgan fingerprint density at radius 3 is 2.37 bits per heavy atom. The van der Waals surface area contributed by atoms with Gasteiger partial charge in [-0.1, -0.05) is 60.7 Å². The molecule has 1 saturated heterocycles. The first-order valence-corrected chi connectivity index (χ1v) is 13.4. The first-order chi connectivity index (χ1) is 20.0. The van der Waals surface area contributed by atoms with Crippen LogP contribution in [-0.4, -0.2) is 36.7 Å². The summed E-state index contributed by atoms with van der Waals surface area (Å²) in [6.07, 6.45) is 3.82. The average molecular weight is 545 g/mol. The van der Waals surface area contributed by atoms with Crippen molar-refractivity contribution in [2.75, 3.05) is 17.3 Å². The molecule has 3 aliphatic rings. The van der Waals surface area contributed by atoms with Crippen molar-refractivity contribution in [2.24, 2.45) is 5.92 Å². The number of ketones is 2. The van der Waals surface area contributed by atoms with Gasteiger partial charge in [-0.15, -0.1) is 0 Å². The number of nitrogens with zero attached hydrogens (tertiary/aromatic N) is 1. The number of carbonyl (C=O) groups is 3. The topological polar surface area (TPSA) is 75.7 Å². The number of nitrogens with one attached hydrogen (secondary N) is 1. The maximum absolute atomic E-state index is 15.3. The highest BCUT2D eigenvalue weighted by Gasteiger charge is 2.70. The zero-order valence-corrected chi connectivity index (χ0v) is 22.1. The minimum atomic E-state index is -1.49. The van der Waals surface area contributed by atoms with Gasteiger partial charge in [0, 0.05) is 16.9 Å². The SMILES string of the molecule is COc1ccc(C(=O)[C@@H]2[C@H](C(=O)c3ccccc3F)[C@]3(C(=O)Nc4ccccc43)[C@@H]3C=Cc4ccccc4N23)cc1. The highest BCUT2D eigenvalue weighted by molar-refractivity contribution is 6.18. The molecule has 1 N–H and O–H groups in total. The Labute approximate surface area is 236 Å². The fourth-order valence-corrected chi connectivity index (χ4v) is 6.87. The van der Waals surface area contributed by atoms with Gasteiger partial charge in [0.25, 0.3) is 0 Å². The summed E-state index contributed by atoms with van der Waals surface area (Å²) in [6.45, 7) is 0. The third kappa shape index (κ3) is 3.45. The molecule has 0 bridgehead atoms. The number of amides is 1. The molecule has 0 saturated carbocycles. The van der Waals surface area contributed by atoms with Crippen LogP contribution in [0.1, 0.15) is 31.8 Å². The van der Waals surface area contributed by atoms with Crippen molar-refractivity contribution in [3.05, 3.63) is 131 Å². The molecule has 3 heterocycles. The molecule has 4 atom stereocenters. The monoisotopic (exact) mass is 544 g/mol. The number of benzene rings is 4. The summed E-state index contributed by atoms with van der Waals surface area (Å²) in [7, 11) is 1.54. The molecule has 41 heavy (non-hydrogen) atoms. The van der Waals surface area contributed by atoms with Crippen molar-refractivity contribution in [1.82, 2.24) is 0 Å². The van der Waals surface area contributed by atoms with Gasteiger partial charge >= 0.3 is 0 Å². The van der Waals surface area contributed by atoms with E-state index in [9.17, 15) is 14.4 Å². The quantitative estimate of drug-likeness (QED) is 0.327. The van der Waals surface area contributed by atoms with E-state index in [2.05, 4.69) is 5.32 Å². The van der Waals surface area contributed by atoms with E-state index in [0.717, 1.165) is 11.3 Å². The second-order valence-corrected chi connectivity index (χ2v) is 10.5. The predicted octanol–water partition coefficient (Wildman–Crippen LogP) is 5.69. The molecule has 0 radical (unpaired) electrons. The van der Waals surface area contributed by atoms with Crippen LogP contribution in [0.3, 0.4) is 0 Å². The summed E-state index contributed by atoms with van der Waals surface area (Å²) in [6, 6.07) is 25.4. The number of para-hydroxylation sites is 2. The van der Waals surface area contributed by atoms with Crippen LogP contribution in [-0.2, 0) is 10.2 Å². The van der Waals surface area contributed by atoms with E-state index in [-0.39, 0.29) is 11.3 Å². The molecule has 4 aromatic carbocycles. The van der Waals surface area contributed by atoms with Gasteiger partial charge in [0.2, 0.25) is 5.91 Å². The van der Waals surface area contributed by atoms with Gasteiger partial charge in [-0.3, -0.25) is 14.4 Å². The molecule has 7 rings (SSSR count). The van der Waals surface area contributed by atoms with Crippen molar-refractivity contribution in [3.63, 3.8) is 0 Å². The molecule has 7 heteroatoms. The molecular weight excluding hydrogens is 519 g/mol. The van der Waals surface area contributed by atoms with Crippen LogP contribution in [0.25, 0.3) is 6.08 Å². The van der Waals surface area contributed by atoms with Gasteiger partial charge in [0.1, 0.15) is 23.0 Å². The maximum Gasteiger partial charge on any atom is 0.238 e. The number of hydrogen-bond donors (Lipinski definition) is 1. The van der Waals surface area contributed by atoms with Gasteiger partial charge < -0.3 is 15.0 Å². The van der Waals surface area contributed by atoms with E-state index < -0.39 is 40.9 Å². The first-order valence-electron chi connectivity index (χ1n) is 13.4. The van der Waals surface area contributed by atoms with Crippen LogP contribution < -0.4 is 15.0 Å². The number of halogens is 1. The van der Waals surface area contributed by atoms with Crippen LogP contribution in [0.4, 0.5) is 15.8 Å². The predicted molar refractivity (Wildman–Crippen MR) is 154 cm³/mol. The first kappa shape index (κ1) is 25.0. The fourth-order valence-electron chi connectivity index (χ4n) is 6.87. The van der Waals surface area contributed by atoms with Crippen molar-refractivity contribution in [3.8, 4) is 5.75 Å². The van der Waals surface area contributed by atoms with E-state index in [1.165, 1.54) is 18.2 Å². The third-order valence-corrected chi connectivity index (χ3v) is 8.61. The molecule has 202 valence electrons. The number of methoxy groups -OCH3 is 1. The lowest BCUT2D eigenvalue weighted by molar-refractivity contribution is -0.121. The zero-order valence-electron chi connectivity index (χ0n) is 22.1. The van der Waals surface area contributed by atoms with Crippen LogP contribution in [0.5, 0.6) is 5.75 Å². The number of Topliss-reactive ketones (excluding diaryl/α,β-unsaturated/α-hetero) is 2. The van der Waals surface area contributed by atoms with Crippen molar-refractivity contribution >= 4 is 34.9 Å². The minimum Gasteiger partial charge on any atom is -0.497 e. The van der Waals surface area contributed by atoms with E-state index in [1.807, 2.05) is 59.5 Å². The van der Waals surface area contributed by atoms with Crippen molar-refractivity contribution in [1.29, 1.82) is 0 Å².